The summed E-state index contributed by atoms with van der Waals surface area (Å²) in [5, 5.41) is 3.75. The van der Waals surface area contributed by atoms with E-state index in [1.165, 1.54) is 44.3 Å². The van der Waals surface area contributed by atoms with E-state index in [1.807, 2.05) is 0 Å². The maximum atomic E-state index is 3.75. The highest BCUT2D eigenvalue weighted by Gasteiger charge is 2.36. The van der Waals surface area contributed by atoms with Crippen molar-refractivity contribution in [1.29, 1.82) is 0 Å². The van der Waals surface area contributed by atoms with E-state index in [0.29, 0.717) is 6.04 Å². The maximum absolute atomic E-state index is 3.75. The van der Waals surface area contributed by atoms with Gasteiger partial charge in [0.05, 0.1) is 0 Å². The fraction of sp³-hybridized carbons (Fsp3) is 0.684. The first-order chi connectivity index (χ1) is 10.3. The molecule has 4 atom stereocenters. The van der Waals surface area contributed by atoms with Crippen LogP contribution in [0.25, 0.3) is 0 Å². The second-order valence-electron chi connectivity index (χ2n) is 6.94. The average Bonchev–Trinajstić information content (AvgIpc) is 2.75. The minimum atomic E-state index is 0.501. The van der Waals surface area contributed by atoms with Crippen LogP contribution in [-0.2, 0) is 0 Å². The molecule has 0 bridgehead atoms. The number of nitrogens with zero attached hydrogens (tertiary/aromatic N) is 1. The maximum Gasteiger partial charge on any atom is 0.0449 e. The van der Waals surface area contributed by atoms with Gasteiger partial charge in [0, 0.05) is 18.6 Å². The van der Waals surface area contributed by atoms with Crippen molar-refractivity contribution in [2.45, 2.75) is 51.6 Å². The second kappa shape index (κ2) is 6.93. The minimum absolute atomic E-state index is 0.501. The van der Waals surface area contributed by atoms with Crippen LogP contribution in [0.2, 0.25) is 0 Å². The van der Waals surface area contributed by atoms with Gasteiger partial charge in [-0.2, -0.15) is 0 Å². The molecule has 0 aromatic heterocycles. The van der Waals surface area contributed by atoms with Crippen LogP contribution in [0.3, 0.4) is 0 Å². The highest BCUT2D eigenvalue weighted by atomic mass is 15.2. The van der Waals surface area contributed by atoms with E-state index in [9.17, 15) is 0 Å². The van der Waals surface area contributed by atoms with E-state index < -0.39 is 0 Å². The van der Waals surface area contributed by atoms with Crippen LogP contribution < -0.4 is 5.32 Å². The van der Waals surface area contributed by atoms with Gasteiger partial charge in [-0.05, 0) is 49.8 Å². The lowest BCUT2D eigenvalue weighted by Crippen LogP contribution is -2.41. The molecule has 1 aliphatic carbocycles. The van der Waals surface area contributed by atoms with Gasteiger partial charge in [0.15, 0.2) is 0 Å². The molecule has 2 aliphatic rings. The van der Waals surface area contributed by atoms with Crippen molar-refractivity contribution in [1.82, 2.24) is 10.2 Å². The van der Waals surface area contributed by atoms with Crippen LogP contribution in [0.5, 0.6) is 0 Å². The normalized spacial score (nSPS) is 34.8. The number of hydrogen-bond acceptors (Lipinski definition) is 2. The topological polar surface area (TPSA) is 15.3 Å². The van der Waals surface area contributed by atoms with E-state index in [4.69, 9.17) is 0 Å². The van der Waals surface area contributed by atoms with Crippen molar-refractivity contribution in [3.05, 3.63) is 35.9 Å². The number of rotatable bonds is 3. The summed E-state index contributed by atoms with van der Waals surface area (Å²) in [5.74, 6) is 1.81. The largest absolute Gasteiger partial charge is 0.309 e. The monoisotopic (exact) mass is 286 g/mol. The molecular formula is C19H30N2. The zero-order chi connectivity index (χ0) is 14.7. The van der Waals surface area contributed by atoms with Crippen molar-refractivity contribution in [3.63, 3.8) is 0 Å². The Balaban J connectivity index is 1.71. The van der Waals surface area contributed by atoms with Crippen molar-refractivity contribution in [3.8, 4) is 0 Å². The molecule has 0 radical (unpaired) electrons. The smallest absolute Gasteiger partial charge is 0.0449 e. The fourth-order valence-corrected chi connectivity index (χ4v) is 4.47. The van der Waals surface area contributed by atoms with E-state index in [1.54, 1.807) is 0 Å². The summed E-state index contributed by atoms with van der Waals surface area (Å²) in [5.41, 5.74) is 1.45. The third-order valence-corrected chi connectivity index (χ3v) is 5.81. The first kappa shape index (κ1) is 15.1. The number of benzene rings is 1. The van der Waals surface area contributed by atoms with E-state index in [2.05, 4.69) is 54.4 Å². The van der Waals surface area contributed by atoms with Crippen LogP contribution >= 0.6 is 0 Å². The Kier molecular flexibility index (Phi) is 4.97. The Morgan fingerprint density at radius 3 is 2.71 bits per heavy atom. The van der Waals surface area contributed by atoms with Crippen molar-refractivity contribution in [2.24, 2.45) is 11.8 Å². The second-order valence-corrected chi connectivity index (χ2v) is 6.94. The summed E-state index contributed by atoms with van der Waals surface area (Å²) in [6.07, 6.45) is 5.47. The molecule has 2 nitrogen and oxygen atoms in total. The van der Waals surface area contributed by atoms with Gasteiger partial charge in [0.25, 0.3) is 0 Å². The Labute approximate surface area is 129 Å². The summed E-state index contributed by atoms with van der Waals surface area (Å²) >= 11 is 0. The van der Waals surface area contributed by atoms with E-state index in [-0.39, 0.29) is 0 Å². The minimum Gasteiger partial charge on any atom is -0.309 e. The molecule has 3 rings (SSSR count). The Hall–Kier alpha value is -0.860. The molecule has 1 heterocycles. The van der Waals surface area contributed by atoms with Crippen molar-refractivity contribution >= 4 is 0 Å². The first-order valence-corrected chi connectivity index (χ1v) is 8.82. The SMILES string of the molecule is CCC1CCC(N2CCCNC(c3ccccc3)C2)C1C. The van der Waals surface area contributed by atoms with Crippen LogP contribution in [-0.4, -0.2) is 30.6 Å². The van der Waals surface area contributed by atoms with Gasteiger partial charge in [0.1, 0.15) is 0 Å². The third-order valence-electron chi connectivity index (χ3n) is 5.81. The van der Waals surface area contributed by atoms with Gasteiger partial charge in [-0.15, -0.1) is 0 Å². The third kappa shape index (κ3) is 3.32. The molecular weight excluding hydrogens is 256 g/mol. The lowest BCUT2D eigenvalue weighted by molar-refractivity contribution is 0.151. The standard InChI is InChI=1S/C19H30N2/c1-3-16-10-11-19(15(16)2)21-13-7-12-20-18(14-21)17-8-5-4-6-9-17/h4-6,8-9,15-16,18-20H,3,7,10-14H2,1-2H3. The molecule has 116 valence electrons. The van der Waals surface area contributed by atoms with Crippen LogP contribution in [0, 0.1) is 11.8 Å². The van der Waals surface area contributed by atoms with E-state index >= 15 is 0 Å². The van der Waals surface area contributed by atoms with Crippen molar-refractivity contribution < 1.29 is 0 Å². The summed E-state index contributed by atoms with van der Waals surface area (Å²) in [7, 11) is 0. The molecule has 1 aliphatic heterocycles. The molecule has 2 heteroatoms. The van der Waals surface area contributed by atoms with Gasteiger partial charge in [-0.25, -0.2) is 0 Å². The van der Waals surface area contributed by atoms with Crippen LogP contribution in [0.15, 0.2) is 30.3 Å². The Morgan fingerprint density at radius 2 is 2.00 bits per heavy atom. The number of hydrogen-bond donors (Lipinski definition) is 1. The lowest BCUT2D eigenvalue weighted by atomic mass is 9.92. The van der Waals surface area contributed by atoms with Gasteiger partial charge >= 0.3 is 0 Å². The van der Waals surface area contributed by atoms with Crippen LogP contribution in [0.4, 0.5) is 0 Å². The predicted molar refractivity (Wildman–Crippen MR) is 89.3 cm³/mol. The molecule has 1 saturated heterocycles. The quantitative estimate of drug-likeness (QED) is 0.908. The molecule has 0 spiro atoms. The molecule has 0 amide bonds. The van der Waals surface area contributed by atoms with Gasteiger partial charge in [-0.1, -0.05) is 50.6 Å². The average molecular weight is 286 g/mol. The summed E-state index contributed by atoms with van der Waals surface area (Å²) in [6.45, 7) is 8.44. The molecule has 1 aromatic carbocycles. The Bertz CT molecular complexity index is 430. The Morgan fingerprint density at radius 1 is 1.19 bits per heavy atom. The molecule has 1 N–H and O–H groups in total. The summed E-state index contributed by atoms with van der Waals surface area (Å²) < 4.78 is 0. The zero-order valence-electron chi connectivity index (χ0n) is 13.6. The molecule has 1 saturated carbocycles. The summed E-state index contributed by atoms with van der Waals surface area (Å²) in [6, 6.07) is 12.3. The fourth-order valence-electron chi connectivity index (χ4n) is 4.47. The molecule has 1 aromatic rings. The van der Waals surface area contributed by atoms with Crippen molar-refractivity contribution in [2.75, 3.05) is 19.6 Å². The predicted octanol–water partition coefficient (Wildman–Crippen LogP) is 3.85. The number of nitrogens with one attached hydrogen (secondary N) is 1. The highest BCUT2D eigenvalue weighted by molar-refractivity contribution is 5.19. The zero-order valence-corrected chi connectivity index (χ0v) is 13.6. The van der Waals surface area contributed by atoms with Gasteiger partial charge in [-0.3, -0.25) is 4.90 Å². The van der Waals surface area contributed by atoms with Crippen LogP contribution in [0.1, 0.15) is 51.1 Å². The molecule has 2 fully saturated rings. The van der Waals surface area contributed by atoms with Gasteiger partial charge in [0.2, 0.25) is 0 Å². The van der Waals surface area contributed by atoms with E-state index in [0.717, 1.165) is 24.4 Å². The highest BCUT2D eigenvalue weighted by Crippen LogP contribution is 2.37. The summed E-state index contributed by atoms with van der Waals surface area (Å²) in [4.78, 5) is 2.79. The first-order valence-electron chi connectivity index (χ1n) is 8.82. The molecule has 21 heavy (non-hydrogen) atoms. The molecule has 4 unspecified atom stereocenters. The lowest BCUT2D eigenvalue weighted by Gasteiger charge is -2.34. The van der Waals surface area contributed by atoms with Gasteiger partial charge < -0.3 is 5.32 Å².